The second-order valence-electron chi connectivity index (χ2n) is 6.31. The fourth-order valence-electron chi connectivity index (χ4n) is 3.18. The molecule has 1 aliphatic rings. The first kappa shape index (κ1) is 18.8. The minimum Gasteiger partial charge on any atom is -0.396 e. The largest absolute Gasteiger partial charge is 0.435 e. The number of carbonyl (C=O) groups excluding carboxylic acids is 1. The van der Waals surface area contributed by atoms with E-state index in [1.54, 1.807) is 0 Å². The van der Waals surface area contributed by atoms with E-state index in [1.807, 2.05) is 0 Å². The Morgan fingerprint density at radius 2 is 2.04 bits per heavy atom. The molecule has 0 unspecified atom stereocenters. The van der Waals surface area contributed by atoms with Gasteiger partial charge in [0.15, 0.2) is 5.69 Å². The van der Waals surface area contributed by atoms with Crippen molar-refractivity contribution in [2.24, 2.45) is 5.92 Å². The van der Waals surface area contributed by atoms with Crippen molar-refractivity contribution in [2.45, 2.75) is 57.7 Å². The molecule has 136 valence electrons. The Balaban J connectivity index is 1.84. The molecule has 1 amide bonds. The molecule has 2 rings (SSSR count). The van der Waals surface area contributed by atoms with Crippen LogP contribution >= 0.6 is 0 Å². The fourth-order valence-corrected chi connectivity index (χ4v) is 3.18. The van der Waals surface area contributed by atoms with Crippen LogP contribution in [0, 0.1) is 5.92 Å². The third-order valence-corrected chi connectivity index (χ3v) is 4.39. The molecule has 0 aliphatic heterocycles. The molecule has 1 aromatic rings. The summed E-state index contributed by atoms with van der Waals surface area (Å²) in [5, 5.41) is 15.1. The van der Waals surface area contributed by atoms with Crippen molar-refractivity contribution < 1.29 is 23.1 Å². The van der Waals surface area contributed by atoms with Gasteiger partial charge in [-0.05, 0) is 18.8 Å². The van der Waals surface area contributed by atoms with Gasteiger partial charge in [0, 0.05) is 24.9 Å². The van der Waals surface area contributed by atoms with E-state index in [2.05, 4.69) is 10.4 Å². The third kappa shape index (κ3) is 5.51. The molecule has 5 nitrogen and oxygen atoms in total. The zero-order valence-corrected chi connectivity index (χ0v) is 13.6. The SMILES string of the molecule is O=C(Cn1cc(CCO)c(C(F)(F)F)n1)NCCC1CCCCC1. The fraction of sp³-hybridized carbons (Fsp3) is 0.750. The van der Waals surface area contributed by atoms with Gasteiger partial charge < -0.3 is 10.4 Å². The number of nitrogens with zero attached hydrogens (tertiary/aromatic N) is 2. The minimum atomic E-state index is -4.59. The van der Waals surface area contributed by atoms with Crippen molar-refractivity contribution in [1.82, 2.24) is 15.1 Å². The van der Waals surface area contributed by atoms with E-state index in [9.17, 15) is 18.0 Å². The first-order valence-corrected chi connectivity index (χ1v) is 8.41. The minimum absolute atomic E-state index is 0.0972. The highest BCUT2D eigenvalue weighted by atomic mass is 19.4. The van der Waals surface area contributed by atoms with Crippen molar-refractivity contribution in [2.75, 3.05) is 13.2 Å². The Morgan fingerprint density at radius 1 is 1.33 bits per heavy atom. The number of rotatable bonds is 7. The van der Waals surface area contributed by atoms with E-state index in [0.29, 0.717) is 12.5 Å². The number of aromatic nitrogens is 2. The van der Waals surface area contributed by atoms with E-state index >= 15 is 0 Å². The van der Waals surface area contributed by atoms with Gasteiger partial charge in [0.1, 0.15) is 6.54 Å². The first-order valence-electron chi connectivity index (χ1n) is 8.41. The van der Waals surface area contributed by atoms with Crippen LogP contribution in [-0.2, 0) is 23.9 Å². The summed E-state index contributed by atoms with van der Waals surface area (Å²) in [4.78, 5) is 11.9. The van der Waals surface area contributed by atoms with Crippen LogP contribution in [-0.4, -0.2) is 33.9 Å². The Labute approximate surface area is 139 Å². The van der Waals surface area contributed by atoms with Gasteiger partial charge in [0.2, 0.25) is 5.91 Å². The maximum atomic E-state index is 12.9. The van der Waals surface area contributed by atoms with Crippen LogP contribution in [0.3, 0.4) is 0 Å². The predicted octanol–water partition coefficient (Wildman–Crippen LogP) is 2.52. The summed E-state index contributed by atoms with van der Waals surface area (Å²) in [7, 11) is 0. The van der Waals surface area contributed by atoms with E-state index in [0.717, 1.165) is 11.1 Å². The van der Waals surface area contributed by atoms with Crippen molar-refractivity contribution in [3.63, 3.8) is 0 Å². The van der Waals surface area contributed by atoms with E-state index in [4.69, 9.17) is 5.11 Å². The summed E-state index contributed by atoms with van der Waals surface area (Å²) in [6, 6.07) is 0. The van der Waals surface area contributed by atoms with Gasteiger partial charge in [-0.1, -0.05) is 32.1 Å². The summed E-state index contributed by atoms with van der Waals surface area (Å²) < 4.78 is 39.6. The van der Waals surface area contributed by atoms with Crippen LogP contribution in [0.4, 0.5) is 13.2 Å². The molecule has 24 heavy (non-hydrogen) atoms. The van der Waals surface area contributed by atoms with Gasteiger partial charge in [0.05, 0.1) is 0 Å². The average Bonchev–Trinajstić information content (AvgIpc) is 2.91. The summed E-state index contributed by atoms with van der Waals surface area (Å²) in [6.45, 7) is -0.109. The summed E-state index contributed by atoms with van der Waals surface area (Å²) in [6.07, 6.45) is 3.49. The second-order valence-corrected chi connectivity index (χ2v) is 6.31. The number of carbonyl (C=O) groups is 1. The lowest BCUT2D eigenvalue weighted by molar-refractivity contribution is -0.142. The zero-order chi connectivity index (χ0) is 17.6. The van der Waals surface area contributed by atoms with Gasteiger partial charge >= 0.3 is 6.18 Å². The number of halogens is 3. The highest BCUT2D eigenvalue weighted by molar-refractivity contribution is 5.75. The monoisotopic (exact) mass is 347 g/mol. The summed E-state index contributed by atoms with van der Waals surface area (Å²) >= 11 is 0. The quantitative estimate of drug-likeness (QED) is 0.796. The smallest absolute Gasteiger partial charge is 0.396 e. The molecule has 1 saturated carbocycles. The van der Waals surface area contributed by atoms with Crippen LogP contribution in [0.25, 0.3) is 0 Å². The number of aliphatic hydroxyl groups excluding tert-OH is 1. The Hall–Kier alpha value is -1.57. The second kappa shape index (κ2) is 8.50. The van der Waals surface area contributed by atoms with Gasteiger partial charge in [-0.2, -0.15) is 18.3 Å². The molecule has 0 spiro atoms. The summed E-state index contributed by atoms with van der Waals surface area (Å²) in [5.74, 6) is 0.286. The van der Waals surface area contributed by atoms with Crippen molar-refractivity contribution >= 4 is 5.91 Å². The van der Waals surface area contributed by atoms with E-state index in [-0.39, 0.29) is 24.4 Å². The normalized spacial score (nSPS) is 16.3. The number of amides is 1. The van der Waals surface area contributed by atoms with Crippen LogP contribution in [0.2, 0.25) is 0 Å². The van der Waals surface area contributed by atoms with Crippen molar-refractivity contribution in [3.8, 4) is 0 Å². The topological polar surface area (TPSA) is 67.2 Å². The van der Waals surface area contributed by atoms with Crippen LogP contribution in [0.1, 0.15) is 49.8 Å². The number of nitrogens with one attached hydrogen (secondary N) is 1. The lowest BCUT2D eigenvalue weighted by Crippen LogP contribution is -2.30. The van der Waals surface area contributed by atoms with Crippen LogP contribution in [0.5, 0.6) is 0 Å². The van der Waals surface area contributed by atoms with E-state index < -0.39 is 18.5 Å². The molecule has 1 fully saturated rings. The highest BCUT2D eigenvalue weighted by Crippen LogP contribution is 2.30. The van der Waals surface area contributed by atoms with Gasteiger partial charge in [-0.25, -0.2) is 0 Å². The maximum Gasteiger partial charge on any atom is 0.435 e. The summed E-state index contributed by atoms with van der Waals surface area (Å²) in [5.41, 5.74) is -1.13. The van der Waals surface area contributed by atoms with Crippen molar-refractivity contribution in [1.29, 1.82) is 0 Å². The maximum absolute atomic E-state index is 12.9. The van der Waals surface area contributed by atoms with Gasteiger partial charge in [-0.3, -0.25) is 9.48 Å². The van der Waals surface area contributed by atoms with Crippen LogP contribution < -0.4 is 5.32 Å². The molecular weight excluding hydrogens is 323 g/mol. The number of hydrogen-bond acceptors (Lipinski definition) is 3. The molecule has 1 aromatic heterocycles. The molecule has 1 heterocycles. The molecule has 8 heteroatoms. The molecule has 0 atom stereocenters. The Morgan fingerprint density at radius 3 is 2.67 bits per heavy atom. The standard InChI is InChI=1S/C16H24F3N3O2/c17-16(18,19)15-13(7-9-23)10-22(21-15)11-14(24)20-8-6-12-4-2-1-3-5-12/h10,12,23H,1-9,11H2,(H,20,24). The lowest BCUT2D eigenvalue weighted by Gasteiger charge is -2.21. The first-order chi connectivity index (χ1) is 11.4. The predicted molar refractivity (Wildman–Crippen MR) is 82.2 cm³/mol. The molecule has 0 aromatic carbocycles. The lowest BCUT2D eigenvalue weighted by atomic mass is 9.87. The Bertz CT molecular complexity index is 537. The van der Waals surface area contributed by atoms with Crippen LogP contribution in [0.15, 0.2) is 6.20 Å². The van der Waals surface area contributed by atoms with Gasteiger partial charge in [0.25, 0.3) is 0 Å². The molecular formula is C16H24F3N3O2. The molecule has 1 aliphatic carbocycles. The molecule has 2 N–H and O–H groups in total. The number of hydrogen-bond donors (Lipinski definition) is 2. The van der Waals surface area contributed by atoms with E-state index in [1.165, 1.54) is 38.3 Å². The molecule has 0 bridgehead atoms. The third-order valence-electron chi connectivity index (χ3n) is 4.39. The Kier molecular flexibility index (Phi) is 6.65. The van der Waals surface area contributed by atoms with Crippen molar-refractivity contribution in [3.05, 3.63) is 17.5 Å². The average molecular weight is 347 g/mol. The molecule has 0 radical (unpaired) electrons. The van der Waals surface area contributed by atoms with Gasteiger partial charge in [-0.15, -0.1) is 0 Å². The molecule has 0 saturated heterocycles. The zero-order valence-electron chi connectivity index (χ0n) is 13.6. The number of alkyl halides is 3. The highest BCUT2D eigenvalue weighted by Gasteiger charge is 2.37. The number of aliphatic hydroxyl groups is 1.